The van der Waals surface area contributed by atoms with Crippen LogP contribution in [0.3, 0.4) is 0 Å². The first-order valence-electron chi connectivity index (χ1n) is 19.3. The maximum atomic E-state index is 12.7. The van der Waals surface area contributed by atoms with Crippen molar-refractivity contribution < 1.29 is 98.6 Å². The Morgan fingerprint density at radius 1 is 0.720 bits per heavy atom. The summed E-state index contributed by atoms with van der Waals surface area (Å²) in [5.41, 5.74) is -0.286. The summed E-state index contributed by atoms with van der Waals surface area (Å²) in [5.74, 6) is -3.49. The zero-order valence-corrected chi connectivity index (χ0v) is 41.8. The average Bonchev–Trinajstić information content (AvgIpc) is 3.90. The summed E-state index contributed by atoms with van der Waals surface area (Å²) in [6.45, 7) is 1.52. The van der Waals surface area contributed by atoms with E-state index in [2.05, 4.69) is 40.8 Å². The quantitative estimate of drug-likeness (QED) is 0.0398. The van der Waals surface area contributed by atoms with Crippen molar-refractivity contribution >= 4 is 130 Å². The van der Waals surface area contributed by atoms with Crippen LogP contribution in [0.2, 0.25) is 0 Å². The van der Waals surface area contributed by atoms with Crippen LogP contribution >= 0.6 is 11.3 Å². The first kappa shape index (κ1) is 59.0. The van der Waals surface area contributed by atoms with E-state index in [9.17, 15) is 54.5 Å². The number of phenols is 1. The minimum absolute atomic E-state index is 0.0695. The lowest BCUT2D eigenvalue weighted by molar-refractivity contribution is -0.191. The molecule has 7 aromatic rings. The minimum Gasteiger partial charge on any atom is -0.505 e. The molecular weight excluding hydrogens is 1130 g/mol. The lowest BCUT2D eigenvalue weighted by Crippen LogP contribution is -2.08. The fraction of sp³-hybridized carbons (Fsp3) is 0.105. The van der Waals surface area contributed by atoms with Crippen LogP contribution in [0.15, 0.2) is 126 Å². The summed E-state index contributed by atoms with van der Waals surface area (Å²) in [6, 6.07) is 17.5. The molecule has 5 aromatic carbocycles. The third-order valence-electron chi connectivity index (χ3n) is 8.88. The average molecular weight is 1160 g/mol. The lowest BCUT2D eigenvalue weighted by Gasteiger charge is -2.11. The van der Waals surface area contributed by atoms with Crippen LogP contribution in [0.1, 0.15) is 22.3 Å². The molecule has 0 aliphatic carbocycles. The number of carbonyl (C=O) groups is 1. The predicted octanol–water partition coefficient (Wildman–Crippen LogP) is 5.86. The number of aryl methyl sites for hydroxylation is 1. The molecular formula is C38H29N9O22S6. The zero-order valence-electron chi connectivity index (χ0n) is 36.9. The third kappa shape index (κ3) is 17.0. The number of rotatable bonds is 15. The molecule has 2 heterocycles. The van der Waals surface area contributed by atoms with E-state index < -0.39 is 102 Å². The maximum absolute atomic E-state index is 12.7. The van der Waals surface area contributed by atoms with Gasteiger partial charge in [-0.25, -0.2) is 9.78 Å². The maximum Gasteiger partial charge on any atom is 0.425 e. The fourth-order valence-corrected chi connectivity index (χ4v) is 8.59. The van der Waals surface area contributed by atoms with E-state index >= 15 is 0 Å². The zero-order chi connectivity index (χ0) is 56.0. The number of ether oxygens (including phenoxy) is 1. The van der Waals surface area contributed by atoms with Gasteiger partial charge >= 0.3 is 33.3 Å². The Morgan fingerprint density at radius 2 is 1.29 bits per heavy atom. The number of carboxylic acids is 1. The number of para-hydroxylation sites is 1. The molecule has 0 amide bonds. The van der Waals surface area contributed by atoms with Crippen LogP contribution in [0.4, 0.5) is 33.6 Å². The molecule has 0 saturated heterocycles. The van der Waals surface area contributed by atoms with Crippen molar-refractivity contribution in [3.05, 3.63) is 96.2 Å². The number of hydrogen-bond donors (Lipinski definition) is 6. The van der Waals surface area contributed by atoms with E-state index in [1.165, 1.54) is 41.7 Å². The number of hydrogen-bond acceptors (Lipinski definition) is 27. The molecule has 394 valence electrons. The first-order chi connectivity index (χ1) is 35.0. The van der Waals surface area contributed by atoms with E-state index in [1.807, 2.05) is 24.3 Å². The summed E-state index contributed by atoms with van der Waals surface area (Å²) >= 11 is 1.32. The number of aromatic hydroxyl groups is 2. The molecule has 0 spiro atoms. The number of azo groups is 3. The van der Waals surface area contributed by atoms with E-state index in [4.69, 9.17) is 44.1 Å². The van der Waals surface area contributed by atoms with Gasteiger partial charge in [-0.05, 0) is 73.5 Å². The van der Waals surface area contributed by atoms with Crippen molar-refractivity contribution in [2.75, 3.05) is 12.4 Å². The minimum atomic E-state index is -5.12. The van der Waals surface area contributed by atoms with Gasteiger partial charge in [0.1, 0.15) is 27.7 Å². The summed E-state index contributed by atoms with van der Waals surface area (Å²) < 4.78 is 159. The molecule has 0 radical (unpaired) electrons. The van der Waals surface area contributed by atoms with Crippen LogP contribution in [0.25, 0.3) is 26.7 Å². The van der Waals surface area contributed by atoms with Gasteiger partial charge in [0, 0.05) is 16.8 Å². The molecule has 37 heteroatoms. The Kier molecular flexibility index (Phi) is 20.0. The number of fused-ring (bicyclic) bond motifs is 2. The highest BCUT2D eigenvalue weighted by atomic mass is 32.2. The second-order valence-electron chi connectivity index (χ2n) is 13.8. The van der Waals surface area contributed by atoms with Crippen LogP contribution in [0, 0.1) is 6.92 Å². The van der Waals surface area contributed by atoms with Crippen molar-refractivity contribution in [3.63, 3.8) is 0 Å². The Bertz CT molecular complexity index is 3990. The molecule has 0 aliphatic rings. The summed E-state index contributed by atoms with van der Waals surface area (Å²) in [5, 5.41) is 59.9. The van der Waals surface area contributed by atoms with E-state index in [0.717, 1.165) is 34.6 Å². The molecule has 31 nitrogen and oxygen atoms in total. The first-order valence-corrected chi connectivity index (χ1v) is 26.6. The summed E-state index contributed by atoms with van der Waals surface area (Å²) in [7, 11) is -20.5. The Labute approximate surface area is 426 Å². The lowest BCUT2D eigenvalue weighted by atomic mass is 10.1. The largest absolute Gasteiger partial charge is 0.505 e. The molecule has 0 saturated carbocycles. The van der Waals surface area contributed by atoms with Crippen molar-refractivity contribution in [3.8, 4) is 23.1 Å². The molecule has 7 rings (SSSR count). The second-order valence-corrected chi connectivity index (χ2v) is 20.0. The molecule has 2 aromatic heterocycles. The second kappa shape index (κ2) is 25.4. The van der Waals surface area contributed by atoms with E-state index in [-0.39, 0.29) is 52.8 Å². The van der Waals surface area contributed by atoms with Crippen LogP contribution in [-0.4, -0.2) is 119 Å². The van der Waals surface area contributed by atoms with Crippen molar-refractivity contribution in [1.82, 2.24) is 14.8 Å². The monoisotopic (exact) mass is 1150 g/mol. The van der Waals surface area contributed by atoms with E-state index in [1.54, 1.807) is 6.92 Å². The van der Waals surface area contributed by atoms with Gasteiger partial charge in [0.25, 0.3) is 30.4 Å². The van der Waals surface area contributed by atoms with Gasteiger partial charge in [-0.2, -0.15) is 44.6 Å². The predicted molar refractivity (Wildman–Crippen MR) is 252 cm³/mol. The van der Waals surface area contributed by atoms with Gasteiger partial charge in [-0.3, -0.25) is 13.7 Å². The molecule has 6 N–H and O–H groups in total. The van der Waals surface area contributed by atoms with Crippen LogP contribution in [0.5, 0.6) is 17.4 Å². The molecule has 0 aliphatic heterocycles. The number of nitrogens with zero attached hydrogens (tertiary/aromatic N) is 9. The topological polar surface area (TPSA) is 492 Å². The molecule has 0 fully saturated rings. The molecule has 0 unspecified atom stereocenters. The Hall–Kier alpha value is -8.52. The highest BCUT2D eigenvalue weighted by Crippen LogP contribution is 2.43. The van der Waals surface area contributed by atoms with Gasteiger partial charge in [-0.1, -0.05) is 29.5 Å². The third-order valence-corrected chi connectivity index (χ3v) is 12.4. The fourth-order valence-electron chi connectivity index (χ4n) is 5.94. The summed E-state index contributed by atoms with van der Waals surface area (Å²) in [4.78, 5) is 30.6. The van der Waals surface area contributed by atoms with Crippen molar-refractivity contribution in [2.45, 2.75) is 23.1 Å². The van der Waals surface area contributed by atoms with Gasteiger partial charge in [0.05, 0.1) is 50.6 Å². The number of aromatic carboxylic acids is 1. The Morgan fingerprint density at radius 3 is 1.89 bits per heavy atom. The number of carbonyl (C=O) groups excluding carboxylic acids is 2. The molecule has 75 heavy (non-hydrogen) atoms. The number of benzene rings is 5. The SMILES string of the molecule is Cc1cc(N=Nc2ccc3c(S(=O)(=O)O)c(N=Nc4cnn(-c5cc(C(=O)O)cc(S(=O)(=O)O)c5)c4O)ccc3c2O)c(OCCCS(=O)(=O)O)cc1N=Nc1nc2ccccc2s1.O=C=O.O=S(=O)=O.O=S(=O)=O. The van der Waals surface area contributed by atoms with Gasteiger partial charge in [0.2, 0.25) is 11.0 Å². The van der Waals surface area contributed by atoms with Crippen molar-refractivity contribution in [1.29, 1.82) is 0 Å². The number of thiazole rings is 1. The van der Waals surface area contributed by atoms with E-state index in [0.29, 0.717) is 27.1 Å². The number of carboxylic acid groups (broad SMARTS) is 1. The molecule has 0 bridgehead atoms. The number of phenolic OH excluding ortho intramolecular Hbond substituents is 1. The molecule has 0 atom stereocenters. The van der Waals surface area contributed by atoms with Gasteiger partial charge < -0.3 is 20.1 Å². The van der Waals surface area contributed by atoms with Crippen LogP contribution < -0.4 is 4.74 Å². The number of aromatic nitrogens is 3. The van der Waals surface area contributed by atoms with Crippen molar-refractivity contribution in [2.24, 2.45) is 30.7 Å². The smallest absolute Gasteiger partial charge is 0.425 e. The standard InChI is InChI=1S/C37H29N9O14S4.CO2.2O3S/c1-19-13-29(31(60-11-4-12-62(51,52)53)17-28(19)42-45-37-39-25-5-2-3-6-32(25)61-37)43-40-26-9-8-24-23(33(26)47)7-10-27(34(24)64(57,58)59)41-44-30-18-38-46(35(30)48)21-14-20(36(49)50)15-22(16-21)63(54,55)56;2-1-3;2*1-4(2)3/h2-3,5-10,13-18,47-48H,4,11-12H2,1H3,(H,49,50)(H,51,52,53)(H,54,55,56)(H,57,58,59);;;. The normalized spacial score (nSPS) is 11.6. The summed E-state index contributed by atoms with van der Waals surface area (Å²) in [6.07, 6.45) is 1.07. The van der Waals surface area contributed by atoms with Gasteiger partial charge in [0.15, 0.2) is 11.4 Å². The highest BCUT2D eigenvalue weighted by molar-refractivity contribution is 7.86. The Balaban J connectivity index is 0.00000101. The van der Waals surface area contributed by atoms with Gasteiger partial charge in [-0.15, -0.1) is 55.9 Å². The highest BCUT2D eigenvalue weighted by Gasteiger charge is 2.24. The van der Waals surface area contributed by atoms with Crippen LogP contribution in [-0.2, 0) is 61.2 Å².